The van der Waals surface area contributed by atoms with E-state index in [1.807, 2.05) is 96.6 Å². The molecule has 0 unspecified atom stereocenters. The Morgan fingerprint density at radius 3 is 1.98 bits per heavy atom. The molecule has 0 radical (unpaired) electrons. The minimum Gasteiger partial charge on any atom is -0.457 e. The van der Waals surface area contributed by atoms with Crippen molar-refractivity contribution in [1.82, 2.24) is 9.55 Å². The highest BCUT2D eigenvalue weighted by atomic mass is 16.5. The molecule has 0 saturated heterocycles. The van der Waals surface area contributed by atoms with Crippen LogP contribution in [0.25, 0.3) is 55.6 Å². The Kier molecular flexibility index (Phi) is 6.94. The van der Waals surface area contributed by atoms with Gasteiger partial charge in [-0.3, -0.25) is 4.57 Å². The molecule has 4 nitrogen and oxygen atoms in total. The van der Waals surface area contributed by atoms with Crippen molar-refractivity contribution in [3.8, 4) is 39.6 Å². The maximum Gasteiger partial charge on any atom is 0.319 e. The van der Waals surface area contributed by atoms with Gasteiger partial charge in [-0.15, -0.1) is 0 Å². The van der Waals surface area contributed by atoms with Gasteiger partial charge in [-0.1, -0.05) is 141 Å². The fourth-order valence-electron chi connectivity index (χ4n) is 8.28. The number of pyridine rings is 1. The van der Waals surface area contributed by atoms with Gasteiger partial charge in [0.05, 0.1) is 35.9 Å². The lowest BCUT2D eigenvalue weighted by Crippen LogP contribution is -2.36. The Hall–Kier alpha value is -7.24. The summed E-state index contributed by atoms with van der Waals surface area (Å²) in [5.41, 5.74) is 6.62. The second kappa shape index (κ2) is 15.2. The summed E-state index contributed by atoms with van der Waals surface area (Å²) in [5.74, 6) is 4.08. The summed E-state index contributed by atoms with van der Waals surface area (Å²) in [7, 11) is 0. The Morgan fingerprint density at radius 1 is 0.617 bits per heavy atom. The standard InChI is InChI=1S/C55H45BN3O/c1-38-56(37-52(41-22-12-7-13-23-41)58(38)54-46(39-18-8-5-9-19-39)27-17-28-47(54)40-20-10-6-11-21-40)43-24-16-25-44(35-43)60-45-30-31-49-48-26-14-15-29-50(48)59(51(49)36-45)53-34-42(32-33-57-53)55(2,3)4/h5-37H,1-4H3/q+1/i5D,6D,8D,9D,10D,11D,18D,19D,20D,21D. The van der Waals surface area contributed by atoms with Crippen LogP contribution >= 0.6 is 0 Å². The van der Waals surface area contributed by atoms with Crippen LogP contribution in [0.4, 0.5) is 5.69 Å². The molecular formula is C55H45BN3O+. The first-order valence-corrected chi connectivity index (χ1v) is 19.9. The molecule has 0 N–H and O–H groups in total. The third-order valence-electron chi connectivity index (χ3n) is 11.2. The normalized spacial score (nSPS) is 15.3. The smallest absolute Gasteiger partial charge is 0.319 e. The molecule has 60 heavy (non-hydrogen) atoms. The van der Waals surface area contributed by atoms with Crippen molar-refractivity contribution in [3.05, 3.63) is 211 Å². The summed E-state index contributed by atoms with van der Waals surface area (Å²) in [5, 5.41) is 2.15. The lowest BCUT2D eigenvalue weighted by atomic mass is 9.42. The van der Waals surface area contributed by atoms with E-state index in [0.29, 0.717) is 17.2 Å². The Morgan fingerprint density at radius 2 is 1.27 bits per heavy atom. The number of nitrogens with zero attached hydrogens (tertiary/aromatic N) is 3. The zero-order valence-electron chi connectivity index (χ0n) is 43.6. The van der Waals surface area contributed by atoms with Crippen LogP contribution in [0.3, 0.4) is 0 Å². The molecule has 1 aliphatic heterocycles. The van der Waals surface area contributed by atoms with E-state index in [1.54, 1.807) is 18.2 Å². The number of benzene rings is 7. The van der Waals surface area contributed by atoms with Gasteiger partial charge in [0.1, 0.15) is 22.9 Å². The van der Waals surface area contributed by atoms with E-state index in [0.717, 1.165) is 49.8 Å². The van der Waals surface area contributed by atoms with Crippen molar-refractivity contribution < 1.29 is 23.0 Å². The highest BCUT2D eigenvalue weighted by Crippen LogP contribution is 2.43. The minimum atomic E-state index is -0.553. The zero-order valence-corrected chi connectivity index (χ0v) is 33.6. The molecule has 10 rings (SSSR count). The van der Waals surface area contributed by atoms with Crippen LogP contribution in [-0.4, -0.2) is 26.5 Å². The molecule has 0 spiro atoms. The fraction of sp³-hybridized carbons (Fsp3) is 0.0909. The summed E-state index contributed by atoms with van der Waals surface area (Å²) in [6.45, 7) is 8.06. The molecule has 0 bridgehead atoms. The summed E-state index contributed by atoms with van der Waals surface area (Å²) in [6.07, 6.45) is 1.86. The monoisotopic (exact) mass is 784 g/mol. The topological polar surface area (TPSA) is 30.1 Å². The minimum absolute atomic E-state index is 0.0840. The third-order valence-corrected chi connectivity index (χ3v) is 11.2. The third kappa shape index (κ3) is 6.72. The Labute approximate surface area is 366 Å². The summed E-state index contributed by atoms with van der Waals surface area (Å²) >= 11 is 0. The van der Waals surface area contributed by atoms with Crippen LogP contribution in [0.2, 0.25) is 0 Å². The van der Waals surface area contributed by atoms with E-state index in [2.05, 4.69) is 61.6 Å². The van der Waals surface area contributed by atoms with E-state index in [1.165, 1.54) is 0 Å². The largest absolute Gasteiger partial charge is 0.457 e. The van der Waals surface area contributed by atoms with Crippen LogP contribution in [-0.2, 0) is 5.41 Å². The number of hydrogen-bond donors (Lipinski definition) is 0. The summed E-state index contributed by atoms with van der Waals surface area (Å²) < 4.78 is 98.7. The molecule has 1 aliphatic rings. The average molecular weight is 785 g/mol. The molecule has 0 fully saturated rings. The van der Waals surface area contributed by atoms with Crippen molar-refractivity contribution in [3.63, 3.8) is 0 Å². The van der Waals surface area contributed by atoms with Gasteiger partial charge < -0.3 is 4.74 Å². The Balaban J connectivity index is 1.16. The number of para-hydroxylation sites is 2. The molecule has 2 aromatic heterocycles. The first-order valence-electron chi connectivity index (χ1n) is 24.9. The van der Waals surface area contributed by atoms with Gasteiger partial charge in [-0.2, -0.15) is 4.58 Å². The van der Waals surface area contributed by atoms with Crippen molar-refractivity contribution in [1.29, 1.82) is 0 Å². The number of aromatic nitrogens is 2. The van der Waals surface area contributed by atoms with Gasteiger partial charge in [-0.05, 0) is 94.8 Å². The van der Waals surface area contributed by atoms with Crippen LogP contribution < -0.4 is 10.2 Å². The molecule has 0 saturated carbocycles. The number of fused-ring (bicyclic) bond motifs is 3. The number of hydrogen-bond acceptors (Lipinski definition) is 2. The highest BCUT2D eigenvalue weighted by molar-refractivity contribution is 7.04. The second-order valence-electron chi connectivity index (χ2n) is 15.9. The first-order chi connectivity index (χ1) is 33.5. The zero-order chi connectivity index (χ0) is 49.5. The van der Waals surface area contributed by atoms with E-state index in [4.69, 9.17) is 23.4 Å². The number of rotatable bonds is 8. The predicted octanol–water partition coefficient (Wildman–Crippen LogP) is 13.2. The van der Waals surface area contributed by atoms with Crippen molar-refractivity contribution in [2.45, 2.75) is 33.1 Å². The molecule has 288 valence electrons. The van der Waals surface area contributed by atoms with Gasteiger partial charge in [0.2, 0.25) is 11.4 Å². The maximum absolute atomic E-state index is 9.12. The van der Waals surface area contributed by atoms with E-state index in [-0.39, 0.29) is 33.4 Å². The lowest BCUT2D eigenvalue weighted by Gasteiger charge is -2.20. The van der Waals surface area contributed by atoms with Gasteiger partial charge in [-0.25, -0.2) is 4.98 Å². The maximum atomic E-state index is 9.12. The van der Waals surface area contributed by atoms with Crippen LogP contribution in [0.15, 0.2) is 200 Å². The highest BCUT2D eigenvalue weighted by Gasteiger charge is 2.40. The molecule has 0 amide bonds. The summed E-state index contributed by atoms with van der Waals surface area (Å²) in [4.78, 5) is 4.84. The molecule has 3 heterocycles. The molecule has 0 atom stereocenters. The summed E-state index contributed by atoms with van der Waals surface area (Å²) in [6, 6.07) is 35.8. The van der Waals surface area contributed by atoms with E-state index >= 15 is 0 Å². The van der Waals surface area contributed by atoms with E-state index in [9.17, 15) is 0 Å². The van der Waals surface area contributed by atoms with Gasteiger partial charge in [0.15, 0.2) is 0 Å². The molecule has 5 heteroatoms. The van der Waals surface area contributed by atoms with Crippen LogP contribution in [0.1, 0.15) is 52.5 Å². The lowest BCUT2D eigenvalue weighted by molar-refractivity contribution is -0.326. The van der Waals surface area contributed by atoms with Crippen molar-refractivity contribution >= 4 is 51.0 Å². The molecule has 9 aromatic rings. The van der Waals surface area contributed by atoms with Gasteiger partial charge in [0.25, 0.3) is 0 Å². The van der Waals surface area contributed by atoms with Gasteiger partial charge >= 0.3 is 6.71 Å². The predicted molar refractivity (Wildman–Crippen MR) is 252 cm³/mol. The number of ether oxygens (including phenoxy) is 1. The van der Waals surface area contributed by atoms with Crippen molar-refractivity contribution in [2.24, 2.45) is 0 Å². The van der Waals surface area contributed by atoms with Crippen LogP contribution in [0, 0.1) is 0 Å². The van der Waals surface area contributed by atoms with Crippen LogP contribution in [0.5, 0.6) is 11.5 Å². The molecular weight excluding hydrogens is 729 g/mol. The SMILES string of the molecule is [2H]c1c([2H])c([2H])c(-c2cccc(-c3c([2H])c([2H])c([2H])c([2H])c3[2H])c2[N+]2=C(C)B(c3cccc(Oc4ccc5c6ccccc6n(-c6cc(C(C)(C)C)ccn6)c5c4)c3)C=C2c2ccccc2)c([2H])c1[2H]. The quantitative estimate of drug-likeness (QED) is 0.113. The average Bonchev–Trinajstić information content (AvgIpc) is 3.88. The first kappa shape index (κ1) is 27.5. The van der Waals surface area contributed by atoms with Crippen molar-refractivity contribution in [2.75, 3.05) is 0 Å². The fourth-order valence-corrected chi connectivity index (χ4v) is 8.28. The second-order valence-corrected chi connectivity index (χ2v) is 15.9. The van der Waals surface area contributed by atoms with E-state index < -0.39 is 67.1 Å². The molecule has 0 aliphatic carbocycles. The molecule has 7 aromatic carbocycles. The van der Waals surface area contributed by atoms with Gasteiger partial charge in [0, 0.05) is 35.5 Å². The Bertz CT molecular complexity index is 3570.